The second-order valence-electron chi connectivity index (χ2n) is 6.13. The van der Waals surface area contributed by atoms with Crippen molar-refractivity contribution in [3.63, 3.8) is 0 Å². The van der Waals surface area contributed by atoms with Crippen molar-refractivity contribution in [2.75, 3.05) is 6.54 Å². The van der Waals surface area contributed by atoms with E-state index in [1.165, 1.54) is 36.6 Å². The predicted octanol–water partition coefficient (Wildman–Crippen LogP) is 4.43. The summed E-state index contributed by atoms with van der Waals surface area (Å²) in [4.78, 5) is 4.60. The van der Waals surface area contributed by atoms with Gasteiger partial charge in [-0.25, -0.2) is 0 Å². The number of rotatable bonds is 4. The molecule has 1 heterocycles. The average Bonchev–Trinajstić information content (AvgIpc) is 2.49. The summed E-state index contributed by atoms with van der Waals surface area (Å²) in [5.41, 5.74) is 3.50. The molecule has 1 aliphatic carbocycles. The Hall–Kier alpha value is -1.12. The highest BCUT2D eigenvalue weighted by molar-refractivity contribution is 6.20. The number of nitrogens with zero attached hydrogens (tertiary/aromatic N) is 1. The van der Waals surface area contributed by atoms with Crippen molar-refractivity contribution in [1.82, 2.24) is 10.3 Å². The molecule has 0 aliphatic heterocycles. The van der Waals surface area contributed by atoms with Crippen LogP contribution in [0.15, 0.2) is 30.3 Å². The van der Waals surface area contributed by atoms with Crippen LogP contribution in [0.1, 0.15) is 36.9 Å². The first kappa shape index (κ1) is 14.8. The molecular weight excluding hydrogens is 280 g/mol. The van der Waals surface area contributed by atoms with Crippen LogP contribution in [0.4, 0.5) is 0 Å². The summed E-state index contributed by atoms with van der Waals surface area (Å²) in [6, 6.07) is 10.6. The zero-order valence-electron chi connectivity index (χ0n) is 12.6. The third-order valence-electron chi connectivity index (χ3n) is 4.47. The van der Waals surface area contributed by atoms with Crippen LogP contribution in [0, 0.1) is 12.8 Å². The summed E-state index contributed by atoms with van der Waals surface area (Å²) in [7, 11) is 0. The lowest BCUT2D eigenvalue weighted by molar-refractivity contribution is 0.348. The first-order valence-corrected chi connectivity index (χ1v) is 8.38. The first-order valence-electron chi connectivity index (χ1n) is 7.94. The van der Waals surface area contributed by atoms with Crippen molar-refractivity contribution in [3.8, 4) is 0 Å². The lowest BCUT2D eigenvalue weighted by Gasteiger charge is -2.27. The summed E-state index contributed by atoms with van der Waals surface area (Å²) in [6.45, 7) is 3.97. The Morgan fingerprint density at radius 2 is 2.05 bits per heavy atom. The van der Waals surface area contributed by atoms with Crippen molar-refractivity contribution >= 4 is 22.5 Å². The summed E-state index contributed by atoms with van der Waals surface area (Å²) in [6.07, 6.45) is 5.05. The summed E-state index contributed by atoms with van der Waals surface area (Å²) in [5, 5.41) is 5.21. The Kier molecular flexibility index (Phi) is 4.77. The summed E-state index contributed by atoms with van der Waals surface area (Å²) >= 11 is 6.43. The molecule has 2 unspecified atom stereocenters. The zero-order chi connectivity index (χ0) is 14.7. The Bertz CT molecular complexity index is 611. The minimum atomic E-state index is 0.349. The van der Waals surface area contributed by atoms with E-state index in [1.54, 1.807) is 0 Å². The molecule has 0 amide bonds. The topological polar surface area (TPSA) is 24.9 Å². The third-order valence-corrected chi connectivity index (χ3v) is 5.04. The number of hydrogen-bond acceptors (Lipinski definition) is 2. The van der Waals surface area contributed by atoms with E-state index >= 15 is 0 Å². The molecule has 0 spiro atoms. The van der Waals surface area contributed by atoms with Gasteiger partial charge >= 0.3 is 0 Å². The minimum Gasteiger partial charge on any atom is -0.312 e. The maximum Gasteiger partial charge on any atom is 0.0708 e. The first-order chi connectivity index (χ1) is 10.2. The highest BCUT2D eigenvalue weighted by Crippen LogP contribution is 2.28. The number of alkyl halides is 1. The quantitative estimate of drug-likeness (QED) is 0.845. The van der Waals surface area contributed by atoms with Crippen molar-refractivity contribution in [2.24, 2.45) is 5.92 Å². The van der Waals surface area contributed by atoms with Gasteiger partial charge in [0.1, 0.15) is 0 Å². The predicted molar refractivity (Wildman–Crippen MR) is 89.8 cm³/mol. The molecule has 1 aromatic heterocycles. The zero-order valence-corrected chi connectivity index (χ0v) is 13.4. The fourth-order valence-corrected chi connectivity index (χ4v) is 3.70. The van der Waals surface area contributed by atoms with Gasteiger partial charge in [-0.05, 0) is 49.9 Å². The Morgan fingerprint density at radius 1 is 1.24 bits per heavy atom. The molecular formula is C18H23ClN2. The van der Waals surface area contributed by atoms with Crippen LogP contribution >= 0.6 is 11.6 Å². The monoisotopic (exact) mass is 302 g/mol. The van der Waals surface area contributed by atoms with Gasteiger partial charge in [0.25, 0.3) is 0 Å². The molecule has 1 aliphatic rings. The number of aromatic nitrogens is 1. The van der Waals surface area contributed by atoms with E-state index in [1.807, 2.05) is 6.07 Å². The maximum absolute atomic E-state index is 6.43. The molecule has 3 heteroatoms. The summed E-state index contributed by atoms with van der Waals surface area (Å²) < 4.78 is 0. The van der Waals surface area contributed by atoms with Crippen LogP contribution in [0.25, 0.3) is 10.9 Å². The van der Waals surface area contributed by atoms with Crippen LogP contribution in [0.5, 0.6) is 0 Å². The number of aryl methyl sites for hydroxylation is 1. The van der Waals surface area contributed by atoms with Gasteiger partial charge in [0.2, 0.25) is 0 Å². The number of hydrogen-bond donors (Lipinski definition) is 1. The maximum atomic E-state index is 6.43. The van der Waals surface area contributed by atoms with Crippen molar-refractivity contribution < 1.29 is 0 Å². The molecule has 2 atom stereocenters. The molecule has 0 saturated heterocycles. The molecule has 21 heavy (non-hydrogen) atoms. The second-order valence-corrected chi connectivity index (χ2v) is 6.69. The van der Waals surface area contributed by atoms with E-state index in [4.69, 9.17) is 11.6 Å². The average molecular weight is 303 g/mol. The Morgan fingerprint density at radius 3 is 2.90 bits per heavy atom. The van der Waals surface area contributed by atoms with Crippen LogP contribution in [-0.2, 0) is 6.54 Å². The van der Waals surface area contributed by atoms with Gasteiger partial charge in [-0.1, -0.05) is 31.0 Å². The Balaban J connectivity index is 1.67. The number of para-hydroxylation sites is 1. The van der Waals surface area contributed by atoms with Gasteiger partial charge in [-0.2, -0.15) is 0 Å². The SMILES string of the molecule is Cc1cc(CNCC2CCCCC2Cl)c2ccccc2n1. The molecule has 1 saturated carbocycles. The fraction of sp³-hybridized carbons (Fsp3) is 0.500. The molecule has 1 N–H and O–H groups in total. The van der Waals surface area contributed by atoms with Gasteiger partial charge in [0.15, 0.2) is 0 Å². The number of benzene rings is 1. The third kappa shape index (κ3) is 3.56. The molecule has 0 bridgehead atoms. The fourth-order valence-electron chi connectivity index (χ4n) is 3.33. The van der Waals surface area contributed by atoms with E-state index < -0.39 is 0 Å². The lowest BCUT2D eigenvalue weighted by Crippen LogP contribution is -2.30. The molecule has 0 radical (unpaired) electrons. The van der Waals surface area contributed by atoms with E-state index in [2.05, 4.69) is 41.5 Å². The van der Waals surface area contributed by atoms with Gasteiger partial charge < -0.3 is 5.32 Å². The minimum absolute atomic E-state index is 0.349. The number of halogens is 1. The number of pyridine rings is 1. The van der Waals surface area contributed by atoms with E-state index in [-0.39, 0.29) is 0 Å². The summed E-state index contributed by atoms with van der Waals surface area (Å²) in [5.74, 6) is 0.620. The molecule has 2 nitrogen and oxygen atoms in total. The molecule has 3 rings (SSSR count). The van der Waals surface area contributed by atoms with Crippen LogP contribution in [0.3, 0.4) is 0 Å². The van der Waals surface area contributed by atoms with Crippen molar-refractivity contribution in [3.05, 3.63) is 41.6 Å². The normalized spacial score (nSPS) is 22.6. The Labute approximate surface area is 131 Å². The van der Waals surface area contributed by atoms with E-state index in [0.29, 0.717) is 11.3 Å². The van der Waals surface area contributed by atoms with E-state index in [0.717, 1.165) is 24.3 Å². The van der Waals surface area contributed by atoms with Gasteiger partial charge in [-0.3, -0.25) is 4.98 Å². The van der Waals surface area contributed by atoms with Crippen molar-refractivity contribution in [2.45, 2.75) is 44.5 Å². The second kappa shape index (κ2) is 6.76. The smallest absolute Gasteiger partial charge is 0.0708 e. The molecule has 112 valence electrons. The lowest BCUT2D eigenvalue weighted by atomic mass is 9.88. The van der Waals surface area contributed by atoms with Gasteiger partial charge in [0, 0.05) is 23.0 Å². The highest BCUT2D eigenvalue weighted by Gasteiger charge is 2.22. The van der Waals surface area contributed by atoms with E-state index in [9.17, 15) is 0 Å². The van der Waals surface area contributed by atoms with Crippen molar-refractivity contribution in [1.29, 1.82) is 0 Å². The molecule has 2 aromatic rings. The van der Waals surface area contributed by atoms with Crippen LogP contribution in [0.2, 0.25) is 0 Å². The van der Waals surface area contributed by atoms with Gasteiger partial charge in [-0.15, -0.1) is 11.6 Å². The standard InChI is InChI=1S/C18H23ClN2/c1-13-10-15(16-7-3-5-9-18(16)21-13)12-20-11-14-6-2-4-8-17(14)19/h3,5,7,9-10,14,17,20H,2,4,6,8,11-12H2,1H3. The largest absolute Gasteiger partial charge is 0.312 e. The molecule has 1 fully saturated rings. The number of nitrogens with one attached hydrogen (secondary N) is 1. The van der Waals surface area contributed by atoms with Crippen LogP contribution in [-0.4, -0.2) is 16.9 Å². The molecule has 1 aromatic carbocycles. The van der Waals surface area contributed by atoms with Crippen LogP contribution < -0.4 is 5.32 Å². The number of fused-ring (bicyclic) bond motifs is 1. The highest BCUT2D eigenvalue weighted by atomic mass is 35.5. The van der Waals surface area contributed by atoms with Gasteiger partial charge in [0.05, 0.1) is 5.52 Å².